The number of carboxylic acids is 1. The van der Waals surface area contributed by atoms with Gasteiger partial charge in [-0.2, -0.15) is 0 Å². The summed E-state index contributed by atoms with van der Waals surface area (Å²) >= 11 is 1.35. The Labute approximate surface area is 273 Å². The van der Waals surface area contributed by atoms with E-state index in [-0.39, 0.29) is 56.1 Å². The molecule has 2 saturated heterocycles. The van der Waals surface area contributed by atoms with Gasteiger partial charge in [0, 0.05) is 67.5 Å². The van der Waals surface area contributed by atoms with Crippen LogP contribution in [0.1, 0.15) is 45.9 Å². The number of benzene rings is 2. The third kappa shape index (κ3) is 5.87. The van der Waals surface area contributed by atoms with E-state index in [0.29, 0.717) is 33.4 Å². The van der Waals surface area contributed by atoms with E-state index in [1.54, 1.807) is 37.6 Å². The Hall–Kier alpha value is -4.69. The number of amidine groups is 1. The largest absolute Gasteiger partial charge is 0.496 e. The van der Waals surface area contributed by atoms with Gasteiger partial charge in [-0.25, -0.2) is 23.4 Å². The molecule has 0 radical (unpaired) electrons. The van der Waals surface area contributed by atoms with Gasteiger partial charge in [-0.1, -0.05) is 12.1 Å². The Bertz CT molecular complexity index is 1800. The van der Waals surface area contributed by atoms with Crippen molar-refractivity contribution in [3.05, 3.63) is 86.8 Å². The maximum Gasteiger partial charge on any atom is 0.339 e. The number of likely N-dealkylation sites (tertiary alicyclic amines) is 1. The Kier molecular flexibility index (Phi) is 8.81. The van der Waals surface area contributed by atoms with E-state index in [1.165, 1.54) is 47.6 Å². The summed E-state index contributed by atoms with van der Waals surface area (Å²) < 4.78 is 41.9. The van der Waals surface area contributed by atoms with Crippen molar-refractivity contribution >= 4 is 40.7 Å². The van der Waals surface area contributed by atoms with Gasteiger partial charge in [0.25, 0.3) is 5.91 Å². The first-order valence-corrected chi connectivity index (χ1v) is 16.0. The van der Waals surface area contributed by atoms with Gasteiger partial charge in [0.05, 0.1) is 19.3 Å². The zero-order valence-corrected chi connectivity index (χ0v) is 26.8. The maximum absolute atomic E-state index is 16.4. The Balaban J connectivity index is 1.32. The summed E-state index contributed by atoms with van der Waals surface area (Å²) in [6, 6.07) is 7.98. The van der Waals surface area contributed by atoms with Crippen LogP contribution in [0.5, 0.6) is 5.75 Å². The number of amides is 1. The lowest BCUT2D eigenvalue weighted by molar-refractivity contribution is -0.139. The fourth-order valence-electron chi connectivity index (χ4n) is 6.46. The van der Waals surface area contributed by atoms with Crippen molar-refractivity contribution in [1.82, 2.24) is 15.2 Å². The van der Waals surface area contributed by atoms with E-state index in [1.807, 2.05) is 4.90 Å². The van der Waals surface area contributed by atoms with Crippen LogP contribution in [0.25, 0.3) is 0 Å². The van der Waals surface area contributed by atoms with Crippen LogP contribution in [-0.2, 0) is 14.3 Å². The monoisotopic (exact) mass is 665 g/mol. The summed E-state index contributed by atoms with van der Waals surface area (Å²) in [5, 5.41) is 15.1. The number of aromatic nitrogens is 1. The molecule has 2 fully saturated rings. The van der Waals surface area contributed by atoms with Crippen LogP contribution >= 0.6 is 11.3 Å². The lowest BCUT2D eigenvalue weighted by Crippen LogP contribution is -2.52. The highest BCUT2D eigenvalue weighted by Crippen LogP contribution is 2.43. The third-order valence-electron chi connectivity index (χ3n) is 8.89. The van der Waals surface area contributed by atoms with Crippen LogP contribution in [-0.4, -0.2) is 84.2 Å². The number of aromatic carboxylic acids is 1. The number of thiazole rings is 1. The predicted octanol–water partition coefficient (Wildman–Crippen LogP) is 4.28. The number of rotatable bonds is 9. The number of aliphatic imine (C=N–C) groups is 1. The van der Waals surface area contributed by atoms with Crippen molar-refractivity contribution in [3.8, 4) is 5.75 Å². The fourth-order valence-corrected chi connectivity index (χ4v) is 7.05. The van der Waals surface area contributed by atoms with Gasteiger partial charge in [-0.3, -0.25) is 14.7 Å². The van der Waals surface area contributed by atoms with Crippen LogP contribution in [0.4, 0.5) is 14.5 Å². The standard InChI is InChI=1S/C33H33F2N5O6S/c1-4-46-31(43)26-24(37-28(29-36-11-13-47-29)38-27(26)21-6-5-7-23(34)18(21)2)17-39-12-10-33(35)19(15-39)16-40(32(33)44)20-8-9-22(30(41)42)25(14-20)45-3/h5-9,11,13-14,19,27H,4,10,12,15-17H2,1-3H3,(H,37,38)(H,41,42)/t19-,27-,33+/m0/s1. The molecule has 0 bridgehead atoms. The molecule has 3 aliphatic rings. The summed E-state index contributed by atoms with van der Waals surface area (Å²) in [6.07, 6.45) is 1.55. The number of anilines is 1. The minimum absolute atomic E-state index is 0.0646. The molecule has 3 aromatic rings. The molecule has 2 aromatic carbocycles. The molecular weight excluding hydrogens is 632 g/mol. The number of ether oxygens (including phenoxy) is 2. The van der Waals surface area contributed by atoms with Crippen LogP contribution in [0.2, 0.25) is 0 Å². The number of nitrogens with zero attached hydrogens (tertiary/aromatic N) is 4. The molecule has 0 saturated carbocycles. The van der Waals surface area contributed by atoms with Crippen molar-refractivity contribution in [3.63, 3.8) is 0 Å². The summed E-state index contributed by atoms with van der Waals surface area (Å²) in [5.74, 6) is -3.14. The number of halogens is 2. The molecule has 14 heteroatoms. The number of fused-ring (bicyclic) bond motifs is 1. The molecule has 6 rings (SSSR count). The molecule has 0 unspecified atom stereocenters. The molecule has 246 valence electrons. The Morgan fingerprint density at radius 3 is 2.74 bits per heavy atom. The smallest absolute Gasteiger partial charge is 0.339 e. The van der Waals surface area contributed by atoms with Crippen molar-refractivity contribution in [2.45, 2.75) is 32.0 Å². The third-order valence-corrected chi connectivity index (χ3v) is 9.67. The second-order valence-corrected chi connectivity index (χ2v) is 12.5. The van der Waals surface area contributed by atoms with Crippen molar-refractivity contribution in [1.29, 1.82) is 0 Å². The second-order valence-electron chi connectivity index (χ2n) is 11.6. The number of methoxy groups -OCH3 is 1. The summed E-state index contributed by atoms with van der Waals surface area (Å²) in [5.41, 5.74) is -0.313. The molecule has 47 heavy (non-hydrogen) atoms. The van der Waals surface area contributed by atoms with E-state index < -0.39 is 41.3 Å². The van der Waals surface area contributed by atoms with Crippen LogP contribution in [0, 0.1) is 18.7 Å². The van der Waals surface area contributed by atoms with Gasteiger partial charge in [-0.05, 0) is 43.2 Å². The first-order chi connectivity index (χ1) is 22.5. The molecular formula is C33H33F2N5O6S. The number of carboxylic acid groups (broad SMARTS) is 1. The number of alkyl halides is 1. The van der Waals surface area contributed by atoms with Crippen LogP contribution in [0.3, 0.4) is 0 Å². The molecule has 1 amide bonds. The first kappa shape index (κ1) is 32.3. The highest BCUT2D eigenvalue weighted by molar-refractivity contribution is 7.11. The van der Waals surface area contributed by atoms with Gasteiger partial charge in [0.15, 0.2) is 16.5 Å². The van der Waals surface area contributed by atoms with Gasteiger partial charge < -0.3 is 24.8 Å². The van der Waals surface area contributed by atoms with E-state index in [2.05, 4.69) is 10.3 Å². The molecule has 3 atom stereocenters. The quantitative estimate of drug-likeness (QED) is 0.322. The molecule has 3 aliphatic heterocycles. The Morgan fingerprint density at radius 1 is 1.23 bits per heavy atom. The van der Waals surface area contributed by atoms with E-state index in [0.717, 1.165) is 0 Å². The molecule has 1 aromatic heterocycles. The van der Waals surface area contributed by atoms with Crippen molar-refractivity contribution in [2.75, 3.05) is 44.8 Å². The fraction of sp³-hybridized carbons (Fsp3) is 0.364. The molecule has 0 spiro atoms. The average molecular weight is 666 g/mol. The highest BCUT2D eigenvalue weighted by atomic mass is 32.1. The van der Waals surface area contributed by atoms with Gasteiger partial charge in [0.2, 0.25) is 0 Å². The molecule has 2 N–H and O–H groups in total. The van der Waals surface area contributed by atoms with Crippen LogP contribution in [0.15, 0.2) is 64.2 Å². The number of esters is 1. The number of hydrogen-bond donors (Lipinski definition) is 2. The number of hydrogen-bond acceptors (Lipinski definition) is 10. The number of piperidine rings is 1. The number of nitrogens with one attached hydrogen (secondary N) is 1. The first-order valence-electron chi connectivity index (χ1n) is 15.1. The minimum atomic E-state index is -2.12. The van der Waals surface area contributed by atoms with E-state index >= 15 is 4.39 Å². The summed E-state index contributed by atoms with van der Waals surface area (Å²) in [7, 11) is 1.33. The molecule has 4 heterocycles. The SMILES string of the molecule is CCOC(=O)C1=C(CN2CC[C@]3(F)C(=O)N(c4ccc(C(=O)O)c(OC)c4)C[C@@H]3C2)NC(c2nccs2)=N[C@H]1c1cccc(F)c1C. The van der Waals surface area contributed by atoms with E-state index in [9.17, 15) is 23.9 Å². The lowest BCUT2D eigenvalue weighted by Gasteiger charge is -2.38. The van der Waals surface area contributed by atoms with E-state index in [4.69, 9.17) is 14.5 Å². The van der Waals surface area contributed by atoms with Crippen LogP contribution < -0.4 is 15.0 Å². The van der Waals surface area contributed by atoms with Gasteiger partial charge >= 0.3 is 11.9 Å². The second kappa shape index (κ2) is 12.8. The molecule has 11 nitrogen and oxygen atoms in total. The average Bonchev–Trinajstić information content (AvgIpc) is 3.69. The van der Waals surface area contributed by atoms with Gasteiger partial charge in [0.1, 0.15) is 23.2 Å². The summed E-state index contributed by atoms with van der Waals surface area (Å²) in [4.78, 5) is 51.1. The van der Waals surface area contributed by atoms with Crippen molar-refractivity contribution in [2.24, 2.45) is 10.9 Å². The predicted molar refractivity (Wildman–Crippen MR) is 170 cm³/mol. The number of carbonyl (C=O) groups excluding carboxylic acids is 2. The Morgan fingerprint density at radius 2 is 2.04 bits per heavy atom. The topological polar surface area (TPSA) is 134 Å². The summed E-state index contributed by atoms with van der Waals surface area (Å²) in [6.45, 7) is 4.08. The van der Waals surface area contributed by atoms with Crippen molar-refractivity contribution < 1.29 is 37.7 Å². The zero-order chi connectivity index (χ0) is 33.5. The maximum atomic E-state index is 16.4. The van der Waals surface area contributed by atoms with Gasteiger partial charge in [-0.15, -0.1) is 11.3 Å². The number of carbonyl (C=O) groups is 3. The zero-order valence-electron chi connectivity index (χ0n) is 26.0. The lowest BCUT2D eigenvalue weighted by atomic mass is 9.84. The minimum Gasteiger partial charge on any atom is -0.496 e. The molecule has 0 aliphatic carbocycles. The normalized spacial score (nSPS) is 22.9. The highest BCUT2D eigenvalue weighted by Gasteiger charge is 2.57.